The Morgan fingerprint density at radius 1 is 1.20 bits per heavy atom. The minimum absolute atomic E-state index is 0.306. The zero-order chi connectivity index (χ0) is 13.7. The summed E-state index contributed by atoms with van der Waals surface area (Å²) in [4.78, 5) is 19.3. The minimum Gasteiger partial charge on any atom is -0.305 e. The van der Waals surface area contributed by atoms with Crippen molar-refractivity contribution in [1.29, 1.82) is 0 Å². The molecule has 1 aromatic carbocycles. The first-order chi connectivity index (χ1) is 9.74. The molecule has 20 heavy (non-hydrogen) atoms. The monoisotopic (exact) mass is 266 g/mol. The lowest BCUT2D eigenvalue weighted by molar-refractivity contribution is 0.767. The third kappa shape index (κ3) is 1.40. The highest BCUT2D eigenvalue weighted by molar-refractivity contribution is 5.91. The largest absolute Gasteiger partial charge is 0.348 e. The van der Waals surface area contributed by atoms with Crippen LogP contribution in [0.2, 0.25) is 0 Å². The predicted octanol–water partition coefficient (Wildman–Crippen LogP) is 0.971. The molecule has 0 fully saturated rings. The molecule has 98 valence electrons. The van der Waals surface area contributed by atoms with Gasteiger partial charge in [-0.05, 0) is 18.2 Å². The zero-order valence-electron chi connectivity index (χ0n) is 10.6. The molecule has 4 rings (SSSR count). The van der Waals surface area contributed by atoms with Crippen molar-refractivity contribution in [2.24, 2.45) is 7.05 Å². The number of hydrogen-bond donors (Lipinski definition) is 1. The third-order valence-corrected chi connectivity index (χ3v) is 3.26. The maximum Gasteiger partial charge on any atom is 0.348 e. The maximum atomic E-state index is 12.0. The van der Waals surface area contributed by atoms with Gasteiger partial charge < -0.3 is 4.98 Å². The van der Waals surface area contributed by atoms with Crippen molar-refractivity contribution in [3.63, 3.8) is 0 Å². The molecule has 0 saturated carbocycles. The topological polar surface area (TPSA) is 80.9 Å². The molecule has 0 aliphatic carbocycles. The average Bonchev–Trinajstić information content (AvgIpc) is 3.05. The van der Waals surface area contributed by atoms with Gasteiger partial charge in [0.2, 0.25) is 5.82 Å². The van der Waals surface area contributed by atoms with Gasteiger partial charge in [0, 0.05) is 18.6 Å². The number of aryl methyl sites for hydroxylation is 1. The molecule has 0 radical (unpaired) electrons. The Balaban J connectivity index is 2.14. The standard InChI is InChI=1S/C13H10N6O/c1-18-10(6-7-14-18)11-16-12-8-4-2-3-5-9(8)15-13(20)19(12)17-11/h2-7H,1H3,(H,15,20). The van der Waals surface area contributed by atoms with Crippen LogP contribution in [0.25, 0.3) is 28.1 Å². The number of aromatic nitrogens is 6. The fraction of sp³-hybridized carbons (Fsp3) is 0.0769. The number of H-pyrrole nitrogens is 1. The molecule has 0 spiro atoms. The first-order valence-electron chi connectivity index (χ1n) is 6.10. The molecule has 7 nitrogen and oxygen atoms in total. The van der Waals surface area contributed by atoms with Crippen molar-refractivity contribution in [2.45, 2.75) is 0 Å². The van der Waals surface area contributed by atoms with E-state index in [2.05, 4.69) is 20.2 Å². The Bertz CT molecular complexity index is 993. The molecule has 0 bridgehead atoms. The number of nitrogens with zero attached hydrogens (tertiary/aromatic N) is 5. The molecule has 3 heterocycles. The summed E-state index contributed by atoms with van der Waals surface area (Å²) in [5.41, 5.74) is 1.74. The second-order valence-electron chi connectivity index (χ2n) is 4.49. The number of nitrogens with one attached hydrogen (secondary N) is 1. The van der Waals surface area contributed by atoms with E-state index in [1.807, 2.05) is 37.4 Å². The Morgan fingerprint density at radius 3 is 2.85 bits per heavy atom. The first kappa shape index (κ1) is 10.9. The summed E-state index contributed by atoms with van der Waals surface area (Å²) >= 11 is 0. The van der Waals surface area contributed by atoms with Gasteiger partial charge in [-0.2, -0.15) is 9.61 Å². The van der Waals surface area contributed by atoms with Crippen LogP contribution in [0, 0.1) is 0 Å². The molecule has 7 heteroatoms. The van der Waals surface area contributed by atoms with Crippen LogP contribution in [0.3, 0.4) is 0 Å². The lowest BCUT2D eigenvalue weighted by Gasteiger charge is -1.97. The van der Waals surface area contributed by atoms with E-state index in [9.17, 15) is 4.79 Å². The fourth-order valence-electron chi connectivity index (χ4n) is 2.29. The summed E-state index contributed by atoms with van der Waals surface area (Å²) in [5.74, 6) is 0.479. The Hall–Kier alpha value is -2.96. The van der Waals surface area contributed by atoms with E-state index in [4.69, 9.17) is 0 Å². The second-order valence-corrected chi connectivity index (χ2v) is 4.49. The highest BCUT2D eigenvalue weighted by atomic mass is 16.1. The van der Waals surface area contributed by atoms with E-state index in [0.717, 1.165) is 16.6 Å². The van der Waals surface area contributed by atoms with Crippen molar-refractivity contribution in [1.82, 2.24) is 29.4 Å². The Labute approximate surface area is 112 Å². The van der Waals surface area contributed by atoms with Gasteiger partial charge in [-0.15, -0.1) is 5.10 Å². The van der Waals surface area contributed by atoms with E-state index in [1.54, 1.807) is 10.9 Å². The molecule has 0 aliphatic heterocycles. The number of benzene rings is 1. The van der Waals surface area contributed by atoms with Gasteiger partial charge >= 0.3 is 5.69 Å². The van der Waals surface area contributed by atoms with Crippen molar-refractivity contribution in [3.8, 4) is 11.5 Å². The fourth-order valence-corrected chi connectivity index (χ4v) is 2.29. The van der Waals surface area contributed by atoms with Crippen LogP contribution in [0.15, 0.2) is 41.3 Å². The van der Waals surface area contributed by atoms with Crippen LogP contribution in [0.4, 0.5) is 0 Å². The van der Waals surface area contributed by atoms with Crippen molar-refractivity contribution < 1.29 is 0 Å². The van der Waals surface area contributed by atoms with E-state index in [-0.39, 0.29) is 5.69 Å². The molecule has 0 amide bonds. The summed E-state index contributed by atoms with van der Waals surface area (Å²) < 4.78 is 2.95. The molecule has 1 N–H and O–H groups in total. The molecule has 0 unspecified atom stereocenters. The molecular weight excluding hydrogens is 256 g/mol. The van der Waals surface area contributed by atoms with E-state index in [0.29, 0.717) is 11.5 Å². The summed E-state index contributed by atoms with van der Waals surface area (Å²) in [5, 5.41) is 9.21. The van der Waals surface area contributed by atoms with Gasteiger partial charge in [-0.25, -0.2) is 9.78 Å². The van der Waals surface area contributed by atoms with E-state index in [1.165, 1.54) is 4.52 Å². The molecule has 4 aromatic rings. The third-order valence-electron chi connectivity index (χ3n) is 3.26. The van der Waals surface area contributed by atoms with Crippen LogP contribution >= 0.6 is 0 Å². The summed E-state index contributed by atoms with van der Waals surface area (Å²) in [6.07, 6.45) is 1.67. The van der Waals surface area contributed by atoms with Gasteiger partial charge in [0.15, 0.2) is 5.65 Å². The Kier molecular flexibility index (Phi) is 2.06. The number of hydrogen-bond acceptors (Lipinski definition) is 4. The number of para-hydroxylation sites is 1. The molecule has 3 aromatic heterocycles. The predicted molar refractivity (Wildman–Crippen MR) is 73.3 cm³/mol. The van der Waals surface area contributed by atoms with Crippen LogP contribution in [0.1, 0.15) is 0 Å². The van der Waals surface area contributed by atoms with E-state index < -0.39 is 0 Å². The normalized spacial score (nSPS) is 11.4. The molecular formula is C13H10N6O. The van der Waals surface area contributed by atoms with Gasteiger partial charge in [0.05, 0.1) is 5.52 Å². The van der Waals surface area contributed by atoms with Crippen LogP contribution in [-0.4, -0.2) is 29.4 Å². The average molecular weight is 266 g/mol. The van der Waals surface area contributed by atoms with Crippen LogP contribution in [-0.2, 0) is 7.05 Å². The van der Waals surface area contributed by atoms with Crippen LogP contribution < -0.4 is 5.69 Å². The number of rotatable bonds is 1. The summed E-state index contributed by atoms with van der Waals surface area (Å²) in [6, 6.07) is 9.33. The van der Waals surface area contributed by atoms with E-state index >= 15 is 0 Å². The highest BCUT2D eigenvalue weighted by Crippen LogP contribution is 2.18. The quantitative estimate of drug-likeness (QED) is 0.556. The van der Waals surface area contributed by atoms with Gasteiger partial charge in [-0.1, -0.05) is 12.1 Å². The van der Waals surface area contributed by atoms with Crippen molar-refractivity contribution in [3.05, 3.63) is 47.0 Å². The first-order valence-corrected chi connectivity index (χ1v) is 6.10. The number of fused-ring (bicyclic) bond motifs is 3. The maximum absolute atomic E-state index is 12.0. The Morgan fingerprint density at radius 2 is 2.05 bits per heavy atom. The summed E-state index contributed by atoms with van der Waals surface area (Å²) in [7, 11) is 1.81. The smallest absolute Gasteiger partial charge is 0.305 e. The minimum atomic E-state index is -0.306. The van der Waals surface area contributed by atoms with Gasteiger partial charge in [-0.3, -0.25) is 4.68 Å². The summed E-state index contributed by atoms with van der Waals surface area (Å²) in [6.45, 7) is 0. The SMILES string of the molecule is Cn1nccc1-c1nc2c3ccccc3[nH]c(=O)n2n1. The van der Waals surface area contributed by atoms with Gasteiger partial charge in [0.25, 0.3) is 0 Å². The van der Waals surface area contributed by atoms with Crippen molar-refractivity contribution in [2.75, 3.05) is 0 Å². The molecule has 0 saturated heterocycles. The highest BCUT2D eigenvalue weighted by Gasteiger charge is 2.13. The van der Waals surface area contributed by atoms with Crippen LogP contribution in [0.5, 0.6) is 0 Å². The molecule has 0 atom stereocenters. The molecule has 0 aliphatic rings. The number of aromatic amines is 1. The van der Waals surface area contributed by atoms with Gasteiger partial charge in [0.1, 0.15) is 5.69 Å². The van der Waals surface area contributed by atoms with Crippen molar-refractivity contribution >= 4 is 16.6 Å². The second kappa shape index (κ2) is 3.77. The zero-order valence-corrected chi connectivity index (χ0v) is 10.6. The lowest BCUT2D eigenvalue weighted by Crippen LogP contribution is -2.17. The lowest BCUT2D eigenvalue weighted by atomic mass is 10.2.